The molecule has 1 aromatic heterocycles. The number of anilines is 1. The molecule has 0 unspecified atom stereocenters. The smallest absolute Gasteiger partial charge is 0.243 e. The minimum Gasteiger partial charge on any atom is -0.453 e. The number of benzene rings is 1. The highest BCUT2D eigenvalue weighted by molar-refractivity contribution is 9.10. The van der Waals surface area contributed by atoms with Gasteiger partial charge in [0.15, 0.2) is 4.67 Å². The molecule has 1 aliphatic heterocycles. The van der Waals surface area contributed by atoms with E-state index in [-0.39, 0.29) is 17.3 Å². The van der Waals surface area contributed by atoms with Crippen LogP contribution >= 0.6 is 15.9 Å². The van der Waals surface area contributed by atoms with E-state index in [2.05, 4.69) is 15.9 Å². The Hall–Kier alpha value is -1.64. The first-order valence-electron chi connectivity index (χ1n) is 7.90. The van der Waals surface area contributed by atoms with Crippen molar-refractivity contribution in [3.05, 3.63) is 46.3 Å². The average molecular weight is 427 g/mol. The van der Waals surface area contributed by atoms with Crippen LogP contribution in [-0.2, 0) is 27.8 Å². The summed E-state index contributed by atoms with van der Waals surface area (Å²) in [5, 5.41) is 0. The molecule has 25 heavy (non-hydrogen) atoms. The van der Waals surface area contributed by atoms with Crippen LogP contribution in [0.5, 0.6) is 0 Å². The number of carbonyl (C=O) groups is 1. The molecule has 0 fully saturated rings. The van der Waals surface area contributed by atoms with Gasteiger partial charge in [0.25, 0.3) is 0 Å². The maximum atomic E-state index is 12.8. The number of hydrogen-bond acceptors (Lipinski definition) is 4. The average Bonchev–Trinajstić information content (AvgIpc) is 2.98. The van der Waals surface area contributed by atoms with Gasteiger partial charge in [0.2, 0.25) is 15.9 Å². The van der Waals surface area contributed by atoms with E-state index in [1.54, 1.807) is 35.2 Å². The van der Waals surface area contributed by atoms with Crippen molar-refractivity contribution in [1.82, 2.24) is 4.31 Å². The number of carbonyl (C=O) groups excluding carboxylic acids is 1. The standard InChI is InChI=1S/C17H19BrN2O4S/c1-12(21)20-9-3-4-13-10-15(6-7-16(13)20)25(22,23)19(2)11-14-5-8-17(18)24-14/h5-8,10H,3-4,9,11H2,1-2H3. The van der Waals surface area contributed by atoms with Crippen molar-refractivity contribution in [2.24, 2.45) is 0 Å². The van der Waals surface area contributed by atoms with Gasteiger partial charge in [-0.1, -0.05) is 0 Å². The van der Waals surface area contributed by atoms with Gasteiger partial charge in [-0.05, 0) is 64.7 Å². The number of rotatable bonds is 4. The minimum atomic E-state index is -3.64. The molecule has 0 radical (unpaired) electrons. The third-order valence-electron chi connectivity index (χ3n) is 4.27. The summed E-state index contributed by atoms with van der Waals surface area (Å²) in [6.07, 6.45) is 1.59. The van der Waals surface area contributed by atoms with Crippen molar-refractivity contribution in [1.29, 1.82) is 0 Å². The third kappa shape index (κ3) is 3.65. The zero-order valence-corrected chi connectivity index (χ0v) is 16.4. The predicted molar refractivity (Wildman–Crippen MR) is 97.9 cm³/mol. The number of nitrogens with zero attached hydrogens (tertiary/aromatic N) is 2. The lowest BCUT2D eigenvalue weighted by Crippen LogP contribution is -2.34. The minimum absolute atomic E-state index is 0.0305. The van der Waals surface area contributed by atoms with Gasteiger partial charge in [-0.3, -0.25) is 4.79 Å². The predicted octanol–water partition coefficient (Wildman–Crippen LogP) is 3.16. The highest BCUT2D eigenvalue weighted by atomic mass is 79.9. The Bertz CT molecular complexity index is 907. The fraction of sp³-hybridized carbons (Fsp3) is 0.353. The molecule has 1 aromatic carbocycles. The summed E-state index contributed by atoms with van der Waals surface area (Å²) in [5.74, 6) is 0.524. The van der Waals surface area contributed by atoms with E-state index in [0.717, 1.165) is 24.1 Å². The molecule has 0 N–H and O–H groups in total. The van der Waals surface area contributed by atoms with Crippen molar-refractivity contribution < 1.29 is 17.6 Å². The molecule has 2 heterocycles. The van der Waals surface area contributed by atoms with Crippen molar-refractivity contribution in [3.63, 3.8) is 0 Å². The van der Waals surface area contributed by atoms with Crippen LogP contribution in [0.15, 0.2) is 44.3 Å². The second kappa shape index (κ2) is 6.93. The summed E-state index contributed by atoms with van der Waals surface area (Å²) < 4.78 is 32.9. The number of sulfonamides is 1. The summed E-state index contributed by atoms with van der Waals surface area (Å²) in [7, 11) is -2.12. The third-order valence-corrected chi connectivity index (χ3v) is 6.49. The summed E-state index contributed by atoms with van der Waals surface area (Å²) in [5.41, 5.74) is 1.69. The van der Waals surface area contributed by atoms with Crippen LogP contribution < -0.4 is 4.90 Å². The summed E-state index contributed by atoms with van der Waals surface area (Å²) in [6, 6.07) is 8.41. The van der Waals surface area contributed by atoms with Gasteiger partial charge in [0, 0.05) is 26.2 Å². The largest absolute Gasteiger partial charge is 0.453 e. The first kappa shape index (κ1) is 18.2. The fourth-order valence-electron chi connectivity index (χ4n) is 2.98. The van der Waals surface area contributed by atoms with Gasteiger partial charge in [-0.25, -0.2) is 8.42 Å². The van der Waals surface area contributed by atoms with E-state index in [0.29, 0.717) is 17.0 Å². The Morgan fingerprint density at radius 2 is 2.08 bits per heavy atom. The fourth-order valence-corrected chi connectivity index (χ4v) is 4.51. The van der Waals surface area contributed by atoms with Crippen LogP contribution in [0.25, 0.3) is 0 Å². The Balaban J connectivity index is 1.88. The summed E-state index contributed by atoms with van der Waals surface area (Å²) in [4.78, 5) is 13.7. The number of halogens is 1. The van der Waals surface area contributed by atoms with E-state index in [4.69, 9.17) is 4.42 Å². The molecule has 0 atom stereocenters. The van der Waals surface area contributed by atoms with Crippen LogP contribution in [-0.4, -0.2) is 32.2 Å². The lowest BCUT2D eigenvalue weighted by atomic mass is 10.0. The highest BCUT2D eigenvalue weighted by Gasteiger charge is 2.26. The molecule has 134 valence electrons. The molecule has 1 amide bonds. The molecule has 0 aliphatic carbocycles. The molecule has 0 saturated heterocycles. The topological polar surface area (TPSA) is 70.8 Å². The molecule has 1 aliphatic rings. The molecular formula is C17H19BrN2O4S. The van der Waals surface area contributed by atoms with Gasteiger partial charge in [-0.15, -0.1) is 0 Å². The molecule has 2 aromatic rings. The van der Waals surface area contributed by atoms with Crippen LogP contribution in [0.4, 0.5) is 5.69 Å². The molecule has 6 nitrogen and oxygen atoms in total. The second-order valence-corrected chi connectivity index (χ2v) is 8.86. The van der Waals surface area contributed by atoms with Gasteiger partial charge in [-0.2, -0.15) is 4.31 Å². The normalized spacial score (nSPS) is 14.6. The summed E-state index contributed by atoms with van der Waals surface area (Å²) >= 11 is 3.21. The first-order chi connectivity index (χ1) is 11.8. The Labute approximate surface area is 155 Å². The molecule has 0 saturated carbocycles. The Kier molecular flexibility index (Phi) is 5.04. The van der Waals surface area contributed by atoms with Crippen LogP contribution in [0, 0.1) is 0 Å². The quantitative estimate of drug-likeness (QED) is 0.752. The maximum Gasteiger partial charge on any atom is 0.243 e. The summed E-state index contributed by atoms with van der Waals surface area (Å²) in [6.45, 7) is 2.33. The molecule has 0 bridgehead atoms. The van der Waals surface area contributed by atoms with Crippen LogP contribution in [0.2, 0.25) is 0 Å². The van der Waals surface area contributed by atoms with Crippen molar-refractivity contribution in [2.75, 3.05) is 18.5 Å². The monoisotopic (exact) mass is 426 g/mol. The van der Waals surface area contributed by atoms with Crippen LogP contribution in [0.1, 0.15) is 24.7 Å². The molecule has 3 rings (SSSR count). The number of furan rings is 1. The van der Waals surface area contributed by atoms with Gasteiger partial charge < -0.3 is 9.32 Å². The van der Waals surface area contributed by atoms with Crippen LogP contribution in [0.3, 0.4) is 0 Å². The Morgan fingerprint density at radius 3 is 2.72 bits per heavy atom. The van der Waals surface area contributed by atoms with E-state index in [9.17, 15) is 13.2 Å². The van der Waals surface area contributed by atoms with E-state index < -0.39 is 10.0 Å². The second-order valence-electron chi connectivity index (χ2n) is 6.03. The molecule has 0 spiro atoms. The molecular weight excluding hydrogens is 408 g/mol. The zero-order chi connectivity index (χ0) is 18.2. The SMILES string of the molecule is CC(=O)N1CCCc2cc(S(=O)(=O)N(C)Cc3ccc(Br)o3)ccc21. The van der Waals surface area contributed by atoms with Crippen molar-refractivity contribution in [3.8, 4) is 0 Å². The van der Waals surface area contributed by atoms with E-state index in [1.165, 1.54) is 18.3 Å². The van der Waals surface area contributed by atoms with Crippen molar-refractivity contribution >= 4 is 37.5 Å². The highest BCUT2D eigenvalue weighted by Crippen LogP contribution is 2.30. The van der Waals surface area contributed by atoms with Gasteiger partial charge in [0.05, 0.1) is 11.4 Å². The number of hydrogen-bond donors (Lipinski definition) is 0. The zero-order valence-electron chi connectivity index (χ0n) is 14.0. The number of amides is 1. The van der Waals surface area contributed by atoms with E-state index in [1.807, 2.05) is 0 Å². The van der Waals surface area contributed by atoms with Crippen molar-refractivity contribution in [2.45, 2.75) is 31.2 Å². The first-order valence-corrected chi connectivity index (χ1v) is 10.1. The number of aryl methyl sites for hydroxylation is 1. The number of fused-ring (bicyclic) bond motifs is 1. The van der Waals surface area contributed by atoms with E-state index >= 15 is 0 Å². The lowest BCUT2D eigenvalue weighted by Gasteiger charge is -2.29. The molecule has 8 heteroatoms. The van der Waals surface area contributed by atoms with Gasteiger partial charge in [0.1, 0.15) is 5.76 Å². The Morgan fingerprint density at radius 1 is 1.32 bits per heavy atom. The van der Waals surface area contributed by atoms with Gasteiger partial charge >= 0.3 is 0 Å². The lowest BCUT2D eigenvalue weighted by molar-refractivity contribution is -0.116. The maximum absolute atomic E-state index is 12.8.